The Morgan fingerprint density at radius 2 is 2.03 bits per heavy atom. The van der Waals surface area contributed by atoms with E-state index in [1.807, 2.05) is 47.4 Å². The summed E-state index contributed by atoms with van der Waals surface area (Å²) < 4.78 is 6.00. The van der Waals surface area contributed by atoms with Crippen LogP contribution in [0, 0.1) is 0 Å². The molecule has 6 heteroatoms. The van der Waals surface area contributed by atoms with Crippen LogP contribution >= 0.6 is 0 Å². The van der Waals surface area contributed by atoms with Gasteiger partial charge in [-0.25, -0.2) is 4.98 Å². The van der Waals surface area contributed by atoms with Gasteiger partial charge in [-0.05, 0) is 56.9 Å². The van der Waals surface area contributed by atoms with Gasteiger partial charge in [-0.3, -0.25) is 4.79 Å². The van der Waals surface area contributed by atoms with Crippen molar-refractivity contribution in [1.29, 1.82) is 0 Å². The number of aromatic amines is 1. The predicted molar refractivity (Wildman–Crippen MR) is 120 cm³/mol. The lowest BCUT2D eigenvalue weighted by Gasteiger charge is -2.32. The number of hydrogen-bond donors (Lipinski definition) is 2. The Hall–Kier alpha value is -3.12. The standard InChI is InChI=1S/C25H26N4O2/c1-2-29(23(30)22-27-19-9-4-5-10-20(19)28-22)25-13-7-12-24(25,16-25)26-15-18-14-17-8-3-6-11-21(17)31-18/h3-6,8-11,14,26H,2,7,12-13,15-16H2,1H3,(H,27,28)/t24-,25+/m0/s1. The number of fused-ring (bicyclic) bond motifs is 3. The van der Waals surface area contributed by atoms with E-state index in [4.69, 9.17) is 4.42 Å². The van der Waals surface area contributed by atoms with Crippen molar-refractivity contribution in [1.82, 2.24) is 20.2 Å². The van der Waals surface area contributed by atoms with Gasteiger partial charge in [0.1, 0.15) is 11.3 Å². The number of carbonyl (C=O) groups is 1. The number of rotatable bonds is 6. The van der Waals surface area contributed by atoms with Crippen LogP contribution in [0.15, 0.2) is 59.0 Å². The molecular weight excluding hydrogens is 388 g/mol. The van der Waals surface area contributed by atoms with E-state index in [-0.39, 0.29) is 17.0 Å². The number of hydrogen-bond acceptors (Lipinski definition) is 4. The summed E-state index contributed by atoms with van der Waals surface area (Å²) in [5.74, 6) is 1.37. The molecule has 4 aromatic rings. The Kier molecular flexibility index (Phi) is 4.02. The Bertz CT molecular complexity index is 1220. The van der Waals surface area contributed by atoms with Gasteiger partial charge >= 0.3 is 0 Å². The average molecular weight is 415 g/mol. The topological polar surface area (TPSA) is 74.2 Å². The molecule has 0 saturated heterocycles. The van der Waals surface area contributed by atoms with Crippen molar-refractivity contribution in [2.75, 3.05) is 6.54 Å². The lowest BCUT2D eigenvalue weighted by Crippen LogP contribution is -2.49. The Morgan fingerprint density at radius 3 is 2.87 bits per heavy atom. The van der Waals surface area contributed by atoms with Gasteiger partial charge in [-0.1, -0.05) is 30.3 Å². The number of nitrogens with zero attached hydrogens (tertiary/aromatic N) is 2. The molecule has 2 fully saturated rings. The highest BCUT2D eigenvalue weighted by atomic mass is 16.3. The van der Waals surface area contributed by atoms with Crippen molar-refractivity contribution in [3.63, 3.8) is 0 Å². The number of aromatic nitrogens is 2. The molecule has 6 rings (SSSR count). The van der Waals surface area contributed by atoms with Crippen LogP contribution in [-0.2, 0) is 6.54 Å². The fourth-order valence-electron chi connectivity index (χ4n) is 5.79. The lowest BCUT2D eigenvalue weighted by atomic mass is 10.1. The molecule has 2 atom stereocenters. The van der Waals surface area contributed by atoms with E-state index < -0.39 is 0 Å². The molecule has 0 aliphatic heterocycles. The van der Waals surface area contributed by atoms with E-state index >= 15 is 0 Å². The van der Waals surface area contributed by atoms with E-state index in [0.29, 0.717) is 18.9 Å². The summed E-state index contributed by atoms with van der Waals surface area (Å²) in [6.45, 7) is 3.41. The second-order valence-electron chi connectivity index (χ2n) is 8.90. The summed E-state index contributed by atoms with van der Waals surface area (Å²) in [6.07, 6.45) is 4.22. The monoisotopic (exact) mass is 414 g/mol. The van der Waals surface area contributed by atoms with Gasteiger partial charge in [0.2, 0.25) is 0 Å². The minimum atomic E-state index is -0.135. The summed E-state index contributed by atoms with van der Waals surface area (Å²) in [6, 6.07) is 18.0. The molecule has 0 unspecified atom stereocenters. The van der Waals surface area contributed by atoms with E-state index in [1.54, 1.807) is 0 Å². The second kappa shape index (κ2) is 6.69. The van der Waals surface area contributed by atoms with Crippen LogP contribution in [0.25, 0.3) is 22.0 Å². The van der Waals surface area contributed by atoms with E-state index in [1.165, 1.54) is 0 Å². The molecular formula is C25H26N4O2. The molecule has 2 aromatic heterocycles. The third kappa shape index (κ3) is 2.74. The molecule has 0 spiro atoms. The number of H-pyrrole nitrogens is 1. The molecule has 2 heterocycles. The van der Waals surface area contributed by atoms with Crippen molar-refractivity contribution in [3.8, 4) is 0 Å². The first-order valence-electron chi connectivity index (χ1n) is 11.1. The first-order valence-corrected chi connectivity index (χ1v) is 11.1. The maximum atomic E-state index is 13.5. The quantitative estimate of drug-likeness (QED) is 0.483. The van der Waals surface area contributed by atoms with E-state index in [2.05, 4.69) is 34.3 Å². The molecule has 2 N–H and O–H groups in total. The molecule has 1 amide bonds. The highest BCUT2D eigenvalue weighted by Crippen LogP contribution is 2.63. The summed E-state index contributed by atoms with van der Waals surface area (Å²) >= 11 is 0. The smallest absolute Gasteiger partial charge is 0.290 e. The number of amides is 1. The molecule has 158 valence electrons. The van der Waals surface area contributed by atoms with Gasteiger partial charge in [0.05, 0.1) is 23.1 Å². The van der Waals surface area contributed by atoms with Crippen molar-refractivity contribution < 1.29 is 9.21 Å². The maximum Gasteiger partial charge on any atom is 0.290 e. The van der Waals surface area contributed by atoms with Crippen molar-refractivity contribution >= 4 is 27.9 Å². The minimum Gasteiger partial charge on any atom is -0.460 e. The van der Waals surface area contributed by atoms with E-state index in [9.17, 15) is 4.79 Å². The zero-order valence-corrected chi connectivity index (χ0v) is 17.6. The largest absolute Gasteiger partial charge is 0.460 e. The second-order valence-corrected chi connectivity index (χ2v) is 8.90. The predicted octanol–water partition coefficient (Wildman–Crippen LogP) is 4.63. The van der Waals surface area contributed by atoms with Crippen LogP contribution in [-0.4, -0.2) is 38.4 Å². The molecule has 0 bridgehead atoms. The van der Waals surface area contributed by atoms with Gasteiger partial charge in [0.15, 0.2) is 5.82 Å². The zero-order chi connectivity index (χ0) is 21.1. The summed E-state index contributed by atoms with van der Waals surface area (Å²) in [5, 5.41) is 4.91. The van der Waals surface area contributed by atoms with Crippen LogP contribution in [0.2, 0.25) is 0 Å². The lowest BCUT2D eigenvalue weighted by molar-refractivity contribution is 0.0624. The Balaban J connectivity index is 1.24. The molecule has 6 nitrogen and oxygen atoms in total. The number of para-hydroxylation sites is 3. The van der Waals surface area contributed by atoms with Gasteiger partial charge in [-0.2, -0.15) is 0 Å². The van der Waals surface area contributed by atoms with Gasteiger partial charge in [-0.15, -0.1) is 0 Å². The number of benzene rings is 2. The summed E-state index contributed by atoms with van der Waals surface area (Å²) in [5.41, 5.74) is 2.47. The molecule has 2 aliphatic carbocycles. The van der Waals surface area contributed by atoms with Crippen molar-refractivity contribution in [2.45, 2.75) is 50.2 Å². The average Bonchev–Trinajstić information content (AvgIpc) is 3.20. The van der Waals surface area contributed by atoms with Crippen LogP contribution in [0.4, 0.5) is 0 Å². The third-order valence-corrected chi connectivity index (χ3v) is 7.30. The summed E-state index contributed by atoms with van der Waals surface area (Å²) in [7, 11) is 0. The molecule has 0 radical (unpaired) electrons. The fourth-order valence-corrected chi connectivity index (χ4v) is 5.79. The molecule has 2 aromatic carbocycles. The number of furan rings is 1. The molecule has 2 aliphatic rings. The number of nitrogens with one attached hydrogen (secondary N) is 2. The van der Waals surface area contributed by atoms with Gasteiger partial charge < -0.3 is 19.6 Å². The Labute approximate surface area is 180 Å². The van der Waals surface area contributed by atoms with Crippen LogP contribution < -0.4 is 5.32 Å². The number of likely N-dealkylation sites (N-methyl/N-ethyl adjacent to an activating group) is 1. The molecule has 31 heavy (non-hydrogen) atoms. The van der Waals surface area contributed by atoms with Crippen LogP contribution in [0.3, 0.4) is 0 Å². The first kappa shape index (κ1) is 18.6. The van der Waals surface area contributed by atoms with Crippen LogP contribution in [0.5, 0.6) is 0 Å². The van der Waals surface area contributed by atoms with Crippen molar-refractivity contribution in [2.24, 2.45) is 0 Å². The highest BCUT2D eigenvalue weighted by molar-refractivity contribution is 5.95. The fraction of sp³-hybridized carbons (Fsp3) is 0.360. The first-order chi connectivity index (χ1) is 15.1. The van der Waals surface area contributed by atoms with Gasteiger partial charge in [0.25, 0.3) is 5.91 Å². The summed E-state index contributed by atoms with van der Waals surface area (Å²) in [4.78, 5) is 23.3. The van der Waals surface area contributed by atoms with Crippen LogP contribution in [0.1, 0.15) is 49.0 Å². The number of imidazole rings is 1. The normalized spacial score (nSPS) is 24.5. The third-order valence-electron chi connectivity index (χ3n) is 7.30. The zero-order valence-electron chi connectivity index (χ0n) is 17.6. The van der Waals surface area contributed by atoms with Crippen molar-refractivity contribution in [3.05, 3.63) is 66.2 Å². The minimum absolute atomic E-state index is 0.00647. The van der Waals surface area contributed by atoms with Gasteiger partial charge in [0, 0.05) is 17.5 Å². The molecule has 2 saturated carbocycles. The maximum absolute atomic E-state index is 13.5. The van der Waals surface area contributed by atoms with E-state index in [0.717, 1.165) is 53.4 Å². The number of carbonyl (C=O) groups excluding carboxylic acids is 1. The Morgan fingerprint density at radius 1 is 1.19 bits per heavy atom. The highest BCUT2D eigenvalue weighted by Gasteiger charge is 2.73. The SMILES string of the molecule is CCN(C(=O)c1nc2ccccc2[nH]1)[C@@]12CCC[C@]1(NCc1cc3ccccc3o1)C2.